The van der Waals surface area contributed by atoms with Crippen LogP contribution in [0.15, 0.2) is 120 Å². The van der Waals surface area contributed by atoms with Crippen LogP contribution in [0.25, 0.3) is 16.7 Å². The summed E-state index contributed by atoms with van der Waals surface area (Å²) in [7, 11) is 0. The SMILES string of the molecule is CC(C)(C)c1[c-]c2c(cc1)-c1ccc(C(C)(C)C)cc1C2.[C-]1=C(c2ccsc2)C=CC1.[Cl-].[Cl-].[Zr+2]=[C](c1ccccc1)c1ccccc1. The molecule has 0 N–H and O–H groups in total. The van der Waals surface area contributed by atoms with Crippen LogP contribution < -0.4 is 24.8 Å². The molecular weight excluding hydrogens is 711 g/mol. The van der Waals surface area contributed by atoms with Gasteiger partial charge in [-0.2, -0.15) is 52.8 Å². The van der Waals surface area contributed by atoms with Gasteiger partial charge in [-0.05, 0) is 33.8 Å². The molecule has 7 rings (SSSR count). The van der Waals surface area contributed by atoms with E-state index in [9.17, 15) is 0 Å². The molecule has 0 fully saturated rings. The van der Waals surface area contributed by atoms with Crippen molar-refractivity contribution in [3.8, 4) is 11.1 Å². The van der Waals surface area contributed by atoms with Crippen molar-refractivity contribution in [1.82, 2.24) is 0 Å². The molecule has 0 saturated carbocycles. The third-order valence-corrected chi connectivity index (χ3v) is 10.2. The molecule has 0 spiro atoms. The van der Waals surface area contributed by atoms with Gasteiger partial charge in [-0.25, -0.2) is 0 Å². The zero-order valence-corrected chi connectivity index (χ0v) is 32.9. The third-order valence-electron chi connectivity index (χ3n) is 8.12. The van der Waals surface area contributed by atoms with E-state index in [1.54, 1.807) is 11.3 Å². The summed E-state index contributed by atoms with van der Waals surface area (Å²) in [4.78, 5) is 0. The van der Waals surface area contributed by atoms with Gasteiger partial charge in [0.25, 0.3) is 0 Å². The number of benzene rings is 4. The number of halogens is 2. The van der Waals surface area contributed by atoms with Crippen LogP contribution in [-0.2, 0) is 41.5 Å². The Morgan fingerprint density at radius 3 is 1.85 bits per heavy atom. The predicted molar refractivity (Wildman–Crippen MR) is 192 cm³/mol. The standard InChI is InChI=1S/C21H25.C13H10.C9H7S.2ClH.Zr/c1-20(2,3)16-7-9-18-14(12-16)11-15-13-17(21(4,5)6)8-10-19(15)18;1-3-7-12(8-4-1)11-13-9-5-2-6-10-13;1-2-4-8(3-1)9-5-6-10-7-9;;;/h7-10,12H,11H2,1-6H3;1-10H;1,3,5-7H,2H2;2*1H;/q-1;;-1;;;+2/p-2. The van der Waals surface area contributed by atoms with Crippen molar-refractivity contribution >= 4 is 20.1 Å². The van der Waals surface area contributed by atoms with Crippen molar-refractivity contribution in [2.45, 2.75) is 65.2 Å². The summed E-state index contributed by atoms with van der Waals surface area (Å²) in [5.41, 5.74) is 13.9. The van der Waals surface area contributed by atoms with Crippen molar-refractivity contribution in [3.63, 3.8) is 0 Å². The molecule has 0 saturated heterocycles. The van der Waals surface area contributed by atoms with Crippen molar-refractivity contribution in [2.24, 2.45) is 0 Å². The van der Waals surface area contributed by atoms with E-state index in [2.05, 4.69) is 174 Å². The quantitative estimate of drug-likeness (QED) is 0.214. The number of thiophene rings is 1. The molecule has 240 valence electrons. The van der Waals surface area contributed by atoms with Gasteiger partial charge in [-0.1, -0.05) is 83.2 Å². The molecule has 0 radical (unpaired) electrons. The van der Waals surface area contributed by atoms with E-state index in [1.807, 2.05) is 0 Å². The molecule has 0 atom stereocenters. The summed E-state index contributed by atoms with van der Waals surface area (Å²) < 4.78 is 1.42. The molecule has 0 unspecified atom stereocenters. The fourth-order valence-electron chi connectivity index (χ4n) is 5.42. The van der Waals surface area contributed by atoms with Crippen LogP contribution in [0.4, 0.5) is 0 Å². The summed E-state index contributed by atoms with van der Waals surface area (Å²) in [6.07, 6.45) is 9.53. The van der Waals surface area contributed by atoms with E-state index < -0.39 is 0 Å². The van der Waals surface area contributed by atoms with Gasteiger partial charge in [0.2, 0.25) is 0 Å². The zero-order chi connectivity index (χ0) is 32.0. The average Bonchev–Trinajstić information content (AvgIpc) is 3.82. The van der Waals surface area contributed by atoms with E-state index in [0.29, 0.717) is 0 Å². The molecule has 2 aliphatic carbocycles. The maximum absolute atomic E-state index is 3.67. The molecule has 4 aromatic carbocycles. The van der Waals surface area contributed by atoms with E-state index in [1.165, 1.54) is 83.1 Å². The van der Waals surface area contributed by atoms with Gasteiger partial charge in [0, 0.05) is 0 Å². The maximum atomic E-state index is 3.67. The summed E-state index contributed by atoms with van der Waals surface area (Å²) in [6.45, 7) is 13.6. The van der Waals surface area contributed by atoms with Crippen LogP contribution in [0.2, 0.25) is 0 Å². The molecule has 4 heteroatoms. The zero-order valence-electron chi connectivity index (χ0n) is 28.1. The Morgan fingerprint density at radius 1 is 0.723 bits per heavy atom. The predicted octanol–water partition coefficient (Wildman–Crippen LogP) is 5.36. The molecule has 1 heterocycles. The number of allylic oxidation sites excluding steroid dienone is 4. The normalized spacial score (nSPS) is 12.6. The minimum absolute atomic E-state index is 0. The third kappa shape index (κ3) is 10.2. The van der Waals surface area contributed by atoms with Crippen molar-refractivity contribution in [2.75, 3.05) is 0 Å². The second kappa shape index (κ2) is 17.2. The first kappa shape index (κ1) is 38.8. The van der Waals surface area contributed by atoms with Gasteiger partial charge in [0.15, 0.2) is 0 Å². The fraction of sp³-hybridized carbons (Fsp3) is 0.233. The minimum atomic E-state index is 0. The summed E-state index contributed by atoms with van der Waals surface area (Å²) in [6, 6.07) is 38.4. The van der Waals surface area contributed by atoms with Gasteiger partial charge in [-0.15, -0.1) is 22.8 Å². The molecule has 47 heavy (non-hydrogen) atoms. The summed E-state index contributed by atoms with van der Waals surface area (Å²) in [5, 5.41) is 4.24. The first-order valence-corrected chi connectivity index (χ1v) is 17.9. The van der Waals surface area contributed by atoms with E-state index in [4.69, 9.17) is 0 Å². The van der Waals surface area contributed by atoms with Gasteiger partial charge >= 0.3 is 99.2 Å². The van der Waals surface area contributed by atoms with Crippen LogP contribution >= 0.6 is 11.3 Å². The molecule has 0 amide bonds. The Labute approximate surface area is 314 Å². The second-order valence-corrected chi connectivity index (χ2v) is 15.6. The van der Waals surface area contributed by atoms with Gasteiger partial charge in [-0.3, -0.25) is 0 Å². The van der Waals surface area contributed by atoms with Gasteiger partial charge in [0.05, 0.1) is 0 Å². The van der Waals surface area contributed by atoms with Crippen LogP contribution in [0.5, 0.6) is 0 Å². The van der Waals surface area contributed by atoms with Crippen LogP contribution in [0, 0.1) is 12.1 Å². The van der Waals surface area contributed by atoms with Crippen LogP contribution in [0.3, 0.4) is 0 Å². The van der Waals surface area contributed by atoms with Crippen molar-refractivity contribution in [3.05, 3.63) is 171 Å². The molecule has 0 aliphatic heterocycles. The van der Waals surface area contributed by atoms with E-state index in [0.717, 1.165) is 12.8 Å². The van der Waals surface area contributed by atoms with Crippen LogP contribution in [-0.4, -0.2) is 3.21 Å². The summed E-state index contributed by atoms with van der Waals surface area (Å²) in [5.74, 6) is 0. The topological polar surface area (TPSA) is 0 Å². The first-order chi connectivity index (χ1) is 21.5. The van der Waals surface area contributed by atoms with Crippen molar-refractivity contribution < 1.29 is 49.0 Å². The Balaban J connectivity index is 0.000000200. The van der Waals surface area contributed by atoms with Gasteiger partial charge in [0.1, 0.15) is 0 Å². The number of rotatable bonds is 3. The first-order valence-electron chi connectivity index (χ1n) is 15.7. The Kier molecular flexibility index (Phi) is 14.2. The van der Waals surface area contributed by atoms with Crippen LogP contribution in [0.1, 0.15) is 86.9 Å². The Bertz CT molecular complexity index is 1700. The Hall–Kier alpha value is -2.61. The molecule has 0 bridgehead atoms. The van der Waals surface area contributed by atoms with E-state index >= 15 is 0 Å². The molecule has 1 aromatic heterocycles. The monoisotopic (exact) mass is 750 g/mol. The summed E-state index contributed by atoms with van der Waals surface area (Å²) >= 11 is 3.19. The molecule has 0 nitrogen and oxygen atoms in total. The van der Waals surface area contributed by atoms with Crippen molar-refractivity contribution in [1.29, 1.82) is 0 Å². The number of fused-ring (bicyclic) bond motifs is 3. The van der Waals surface area contributed by atoms with E-state index in [-0.39, 0.29) is 35.6 Å². The molecular formula is C43H42Cl2SZr-2. The number of hydrogen-bond donors (Lipinski definition) is 0. The average molecular weight is 753 g/mol. The van der Waals surface area contributed by atoms with Gasteiger partial charge < -0.3 is 24.8 Å². The molecule has 2 aliphatic rings. The molecule has 5 aromatic rings. The number of hydrogen-bond acceptors (Lipinski definition) is 1. The Morgan fingerprint density at radius 2 is 1.34 bits per heavy atom. The fourth-order valence-corrected chi connectivity index (χ4v) is 6.90. The second-order valence-electron chi connectivity index (χ2n) is 13.6.